The third-order valence-corrected chi connectivity index (χ3v) is 3.49. The maximum absolute atomic E-state index is 13.6. The Hall–Kier alpha value is -1.45. The number of rotatable bonds is 4. The molecule has 2 rings (SSSR count). The average Bonchev–Trinajstić information content (AvgIpc) is 2.44. The topological polar surface area (TPSA) is 82.3 Å². The fourth-order valence-corrected chi connectivity index (χ4v) is 2.23. The molecule has 0 aliphatic heterocycles. The molecule has 1 heterocycles. The van der Waals surface area contributed by atoms with Crippen LogP contribution in [0.2, 0.25) is 0 Å². The van der Waals surface area contributed by atoms with Crippen molar-refractivity contribution in [1.82, 2.24) is 9.97 Å². The van der Waals surface area contributed by atoms with Crippen molar-refractivity contribution in [2.45, 2.75) is 0 Å². The maximum Gasteiger partial charge on any atom is 0.260 e. The highest BCUT2D eigenvalue weighted by Gasteiger charge is 2.13. The number of nitrogens with zero attached hydrogens (tertiary/aromatic N) is 2. The first-order chi connectivity index (χ1) is 9.55. The second-order valence-corrected chi connectivity index (χ2v) is 5.22. The van der Waals surface area contributed by atoms with Gasteiger partial charge in [0.1, 0.15) is 11.5 Å². The Morgan fingerprint density at radius 2 is 1.90 bits per heavy atom. The van der Waals surface area contributed by atoms with E-state index in [1.54, 1.807) is 12.1 Å². The van der Waals surface area contributed by atoms with Crippen LogP contribution in [0, 0.1) is 5.82 Å². The molecular weight excluding hydrogens is 399 g/mol. The minimum Gasteiger partial charge on any atom is -0.496 e. The second-order valence-electron chi connectivity index (χ2n) is 3.51. The van der Waals surface area contributed by atoms with Gasteiger partial charge in [-0.15, -0.1) is 0 Å². The zero-order valence-corrected chi connectivity index (χ0v) is 13.3. The molecule has 1 aromatic carbocycles. The number of nitrogens with one attached hydrogen (secondary N) is 1. The van der Waals surface area contributed by atoms with Crippen LogP contribution in [0.4, 0.5) is 10.3 Å². The van der Waals surface area contributed by atoms with Gasteiger partial charge in [-0.3, -0.25) is 5.43 Å². The minimum absolute atomic E-state index is 0.0464. The maximum atomic E-state index is 13.6. The van der Waals surface area contributed by atoms with Crippen molar-refractivity contribution in [3.05, 3.63) is 33.1 Å². The van der Waals surface area contributed by atoms with Gasteiger partial charge in [-0.1, -0.05) is 0 Å². The molecule has 20 heavy (non-hydrogen) atoms. The van der Waals surface area contributed by atoms with E-state index in [-0.39, 0.29) is 11.8 Å². The van der Waals surface area contributed by atoms with E-state index in [2.05, 4.69) is 47.3 Å². The van der Waals surface area contributed by atoms with E-state index in [9.17, 15) is 4.39 Å². The molecule has 0 saturated carbocycles. The van der Waals surface area contributed by atoms with E-state index in [4.69, 9.17) is 15.3 Å². The summed E-state index contributed by atoms with van der Waals surface area (Å²) < 4.78 is 25.4. The molecule has 0 bridgehead atoms. The van der Waals surface area contributed by atoms with E-state index in [0.29, 0.717) is 20.4 Å². The van der Waals surface area contributed by atoms with Crippen molar-refractivity contribution in [2.75, 3.05) is 12.5 Å². The monoisotopic (exact) mass is 406 g/mol. The van der Waals surface area contributed by atoms with Crippen LogP contribution in [-0.4, -0.2) is 17.1 Å². The summed E-state index contributed by atoms with van der Waals surface area (Å²) in [5.41, 5.74) is 2.21. The van der Waals surface area contributed by atoms with Crippen molar-refractivity contribution in [1.29, 1.82) is 0 Å². The third-order valence-electron chi connectivity index (χ3n) is 2.25. The van der Waals surface area contributed by atoms with Crippen molar-refractivity contribution in [3.63, 3.8) is 0 Å². The number of ether oxygens (including phenoxy) is 2. The molecule has 0 fully saturated rings. The molecule has 1 aromatic heterocycles. The van der Waals surface area contributed by atoms with Gasteiger partial charge >= 0.3 is 0 Å². The Morgan fingerprint density at radius 1 is 1.25 bits per heavy atom. The second kappa shape index (κ2) is 6.33. The summed E-state index contributed by atoms with van der Waals surface area (Å²) in [6.45, 7) is 0. The molecule has 2 aromatic rings. The Balaban J connectivity index is 2.37. The Bertz CT molecular complexity index is 642. The molecule has 0 atom stereocenters. The zero-order valence-electron chi connectivity index (χ0n) is 10.2. The Kier molecular flexibility index (Phi) is 4.73. The molecular formula is C11H9Br2FN4O2. The molecule has 0 saturated heterocycles. The highest BCUT2D eigenvalue weighted by atomic mass is 79.9. The number of hydrazine groups is 1. The molecule has 0 radical (unpaired) electrons. The number of methoxy groups -OCH3 is 1. The number of hydrogen-bond donors (Lipinski definition) is 2. The van der Waals surface area contributed by atoms with Crippen molar-refractivity contribution >= 4 is 37.8 Å². The Labute approximate surface area is 130 Å². The van der Waals surface area contributed by atoms with E-state index in [1.165, 1.54) is 7.11 Å². The standard InChI is InChI=1S/C11H9Br2FN4O2/c1-19-8-2-6(13)9(3-5(8)12)20-10-7(14)4-16-11(17-10)18-15/h2-4H,15H2,1H3,(H,16,17,18). The zero-order chi connectivity index (χ0) is 14.7. The number of nitrogens with two attached hydrogens (primary N) is 1. The summed E-state index contributed by atoms with van der Waals surface area (Å²) >= 11 is 6.62. The summed E-state index contributed by atoms with van der Waals surface area (Å²) in [7, 11) is 1.54. The number of halogens is 3. The lowest BCUT2D eigenvalue weighted by Gasteiger charge is -2.11. The number of aromatic nitrogens is 2. The van der Waals surface area contributed by atoms with Gasteiger partial charge < -0.3 is 9.47 Å². The van der Waals surface area contributed by atoms with Gasteiger partial charge in [-0.25, -0.2) is 10.8 Å². The molecule has 0 spiro atoms. The van der Waals surface area contributed by atoms with Gasteiger partial charge in [0.05, 0.1) is 22.3 Å². The fraction of sp³-hybridized carbons (Fsp3) is 0.0909. The normalized spacial score (nSPS) is 10.2. The first-order valence-corrected chi connectivity index (χ1v) is 6.83. The lowest BCUT2D eigenvalue weighted by atomic mass is 10.3. The van der Waals surface area contributed by atoms with Gasteiger partial charge in [0.25, 0.3) is 5.88 Å². The largest absolute Gasteiger partial charge is 0.496 e. The summed E-state index contributed by atoms with van der Waals surface area (Å²) in [4.78, 5) is 7.41. The van der Waals surface area contributed by atoms with Crippen LogP contribution in [0.25, 0.3) is 0 Å². The predicted octanol–water partition coefficient (Wildman–Crippen LogP) is 3.23. The molecule has 106 valence electrons. The van der Waals surface area contributed by atoms with Crippen LogP contribution in [0.5, 0.6) is 17.4 Å². The lowest BCUT2D eigenvalue weighted by Crippen LogP contribution is -2.11. The quantitative estimate of drug-likeness (QED) is 0.598. The summed E-state index contributed by atoms with van der Waals surface area (Å²) in [5, 5.41) is 0. The van der Waals surface area contributed by atoms with Gasteiger partial charge in [0.15, 0.2) is 0 Å². The number of anilines is 1. The summed E-state index contributed by atoms with van der Waals surface area (Å²) in [6, 6.07) is 3.31. The fourth-order valence-electron chi connectivity index (χ4n) is 1.34. The van der Waals surface area contributed by atoms with Crippen LogP contribution >= 0.6 is 31.9 Å². The predicted molar refractivity (Wildman–Crippen MR) is 78.3 cm³/mol. The summed E-state index contributed by atoms with van der Waals surface area (Å²) in [6.07, 6.45) is 0.962. The van der Waals surface area contributed by atoms with Gasteiger partial charge in [0.2, 0.25) is 11.8 Å². The van der Waals surface area contributed by atoms with Gasteiger partial charge in [-0.05, 0) is 44.0 Å². The summed E-state index contributed by atoms with van der Waals surface area (Å²) in [5.74, 6) is 5.23. The van der Waals surface area contributed by atoms with Crippen molar-refractivity contribution in [2.24, 2.45) is 5.84 Å². The molecule has 9 heteroatoms. The van der Waals surface area contributed by atoms with E-state index in [0.717, 1.165) is 6.20 Å². The number of hydrogen-bond acceptors (Lipinski definition) is 6. The molecule has 0 amide bonds. The molecule has 0 aliphatic rings. The van der Waals surface area contributed by atoms with Crippen LogP contribution in [0.15, 0.2) is 27.3 Å². The molecule has 0 aliphatic carbocycles. The highest BCUT2D eigenvalue weighted by Crippen LogP contribution is 2.38. The van der Waals surface area contributed by atoms with Gasteiger partial charge in [0, 0.05) is 0 Å². The van der Waals surface area contributed by atoms with Crippen molar-refractivity contribution in [3.8, 4) is 17.4 Å². The first-order valence-electron chi connectivity index (χ1n) is 5.25. The van der Waals surface area contributed by atoms with E-state index in [1.807, 2.05) is 0 Å². The third kappa shape index (κ3) is 3.17. The number of benzene rings is 1. The highest BCUT2D eigenvalue weighted by molar-refractivity contribution is 9.11. The Morgan fingerprint density at radius 3 is 2.55 bits per heavy atom. The van der Waals surface area contributed by atoms with Crippen molar-refractivity contribution < 1.29 is 13.9 Å². The molecule has 6 nitrogen and oxygen atoms in total. The van der Waals surface area contributed by atoms with Crippen LogP contribution in [0.1, 0.15) is 0 Å². The van der Waals surface area contributed by atoms with E-state index < -0.39 is 5.82 Å². The van der Waals surface area contributed by atoms with Crippen LogP contribution in [-0.2, 0) is 0 Å². The smallest absolute Gasteiger partial charge is 0.260 e. The van der Waals surface area contributed by atoms with Gasteiger partial charge in [-0.2, -0.15) is 9.37 Å². The van der Waals surface area contributed by atoms with E-state index >= 15 is 0 Å². The average molecular weight is 408 g/mol. The lowest BCUT2D eigenvalue weighted by molar-refractivity contribution is 0.403. The van der Waals surface area contributed by atoms with Crippen LogP contribution < -0.4 is 20.7 Å². The minimum atomic E-state index is -0.706. The molecule has 0 unspecified atom stereocenters. The van der Waals surface area contributed by atoms with Crippen LogP contribution in [0.3, 0.4) is 0 Å². The molecule has 3 N–H and O–H groups in total. The SMILES string of the molecule is COc1cc(Br)c(Oc2nc(NN)ncc2F)cc1Br. The number of nitrogen functional groups attached to an aromatic ring is 1. The first kappa shape index (κ1) is 14.9.